The van der Waals surface area contributed by atoms with Gasteiger partial charge in [-0.2, -0.15) is 8.78 Å². The molecular formula is C22H20F2N2O3. The van der Waals surface area contributed by atoms with Crippen molar-refractivity contribution < 1.29 is 22.7 Å². The first-order valence-electron chi connectivity index (χ1n) is 9.28. The number of anilines is 2. The molecular weight excluding hydrogens is 378 g/mol. The molecule has 1 unspecified atom stereocenters. The quantitative estimate of drug-likeness (QED) is 0.629. The van der Waals surface area contributed by atoms with Crippen molar-refractivity contribution in [1.29, 1.82) is 0 Å². The van der Waals surface area contributed by atoms with Gasteiger partial charge in [-0.05, 0) is 43.2 Å². The van der Waals surface area contributed by atoms with Crippen molar-refractivity contribution in [3.05, 3.63) is 77.7 Å². The molecule has 0 spiro atoms. The first kappa shape index (κ1) is 19.0. The summed E-state index contributed by atoms with van der Waals surface area (Å²) >= 11 is 0. The highest BCUT2D eigenvalue weighted by molar-refractivity contribution is 6.05. The molecule has 150 valence electrons. The fourth-order valence-electron chi connectivity index (χ4n) is 3.64. The molecule has 1 aliphatic rings. The molecule has 1 amide bonds. The lowest BCUT2D eigenvalue weighted by molar-refractivity contribution is -0.0497. The molecule has 4 rings (SSSR count). The zero-order valence-electron chi connectivity index (χ0n) is 15.8. The Morgan fingerprint density at radius 1 is 1.24 bits per heavy atom. The molecule has 29 heavy (non-hydrogen) atoms. The summed E-state index contributed by atoms with van der Waals surface area (Å²) in [6, 6.07) is 16.0. The van der Waals surface area contributed by atoms with Crippen molar-refractivity contribution >= 4 is 17.3 Å². The van der Waals surface area contributed by atoms with Gasteiger partial charge in [-0.15, -0.1) is 0 Å². The molecule has 0 radical (unpaired) electrons. The van der Waals surface area contributed by atoms with Crippen LogP contribution in [-0.2, 0) is 13.0 Å². The van der Waals surface area contributed by atoms with Gasteiger partial charge in [-0.1, -0.05) is 24.3 Å². The third-order valence-corrected chi connectivity index (χ3v) is 4.97. The van der Waals surface area contributed by atoms with Crippen LogP contribution in [0.1, 0.15) is 28.6 Å². The Kier molecular flexibility index (Phi) is 5.20. The average Bonchev–Trinajstić information content (AvgIpc) is 3.26. The van der Waals surface area contributed by atoms with Crippen molar-refractivity contribution in [2.75, 3.05) is 10.2 Å². The van der Waals surface area contributed by atoms with E-state index in [0.29, 0.717) is 23.6 Å². The minimum Gasteiger partial charge on any atom is -0.467 e. The smallest absolute Gasteiger partial charge is 0.387 e. The maximum atomic E-state index is 12.8. The molecule has 7 heteroatoms. The van der Waals surface area contributed by atoms with E-state index in [1.54, 1.807) is 12.1 Å². The van der Waals surface area contributed by atoms with E-state index >= 15 is 0 Å². The maximum absolute atomic E-state index is 12.8. The zero-order valence-corrected chi connectivity index (χ0v) is 15.8. The number of halogens is 2. The number of hydrogen-bond acceptors (Lipinski definition) is 4. The molecule has 0 saturated heterocycles. The standard InChI is InChI=1S/C22H20F2N2O3/c1-14-11-15-5-2-3-8-19(15)26(14)13-20-18(9-10-28-20)21(27)25-16-6-4-7-17(12-16)29-22(23)24/h2-10,12,14,22H,11,13H2,1H3,(H,25,27). The molecule has 0 fully saturated rings. The molecule has 1 N–H and O–H groups in total. The van der Waals surface area contributed by atoms with E-state index < -0.39 is 6.61 Å². The summed E-state index contributed by atoms with van der Waals surface area (Å²) in [7, 11) is 0. The Labute approximate surface area is 166 Å². The topological polar surface area (TPSA) is 54.7 Å². The van der Waals surface area contributed by atoms with Crippen LogP contribution in [0.25, 0.3) is 0 Å². The van der Waals surface area contributed by atoms with E-state index in [-0.39, 0.29) is 17.7 Å². The second kappa shape index (κ2) is 7.95. The third-order valence-electron chi connectivity index (χ3n) is 4.97. The van der Waals surface area contributed by atoms with E-state index in [1.807, 2.05) is 12.1 Å². The Balaban J connectivity index is 1.50. The molecule has 0 bridgehead atoms. The maximum Gasteiger partial charge on any atom is 0.387 e. The number of rotatable bonds is 6. The molecule has 2 heterocycles. The number of benzene rings is 2. The van der Waals surface area contributed by atoms with Crippen LogP contribution in [0, 0.1) is 0 Å². The number of ether oxygens (including phenoxy) is 1. The largest absolute Gasteiger partial charge is 0.467 e. The second-order valence-electron chi connectivity index (χ2n) is 6.93. The Hall–Kier alpha value is -3.35. The lowest BCUT2D eigenvalue weighted by Crippen LogP contribution is -2.29. The minimum absolute atomic E-state index is 0.0206. The van der Waals surface area contributed by atoms with Crippen LogP contribution < -0.4 is 15.0 Å². The monoisotopic (exact) mass is 398 g/mol. The van der Waals surface area contributed by atoms with Crippen LogP contribution in [0.2, 0.25) is 0 Å². The Morgan fingerprint density at radius 3 is 2.90 bits per heavy atom. The molecule has 1 aliphatic heterocycles. The van der Waals surface area contributed by atoms with E-state index in [1.165, 1.54) is 30.0 Å². The summed E-state index contributed by atoms with van der Waals surface area (Å²) in [6.45, 7) is -0.327. The highest BCUT2D eigenvalue weighted by Gasteiger charge is 2.28. The molecule has 2 aromatic carbocycles. The van der Waals surface area contributed by atoms with Crippen LogP contribution >= 0.6 is 0 Å². The summed E-state index contributed by atoms with van der Waals surface area (Å²) in [5, 5.41) is 2.71. The van der Waals surface area contributed by atoms with Gasteiger partial charge < -0.3 is 19.4 Å². The predicted molar refractivity (Wildman–Crippen MR) is 106 cm³/mol. The number of nitrogens with one attached hydrogen (secondary N) is 1. The van der Waals surface area contributed by atoms with Gasteiger partial charge in [-0.3, -0.25) is 4.79 Å². The van der Waals surface area contributed by atoms with Gasteiger partial charge in [0.25, 0.3) is 5.91 Å². The van der Waals surface area contributed by atoms with Gasteiger partial charge in [0.1, 0.15) is 11.5 Å². The SMILES string of the molecule is CC1Cc2ccccc2N1Cc1occc1C(=O)Nc1cccc(OC(F)F)c1. The van der Waals surface area contributed by atoms with Crippen molar-refractivity contribution in [3.8, 4) is 5.75 Å². The van der Waals surface area contributed by atoms with Gasteiger partial charge in [0.2, 0.25) is 0 Å². The van der Waals surface area contributed by atoms with Crippen LogP contribution in [0.5, 0.6) is 5.75 Å². The Morgan fingerprint density at radius 2 is 2.07 bits per heavy atom. The first-order chi connectivity index (χ1) is 14.0. The fraction of sp³-hybridized carbons (Fsp3) is 0.227. The van der Waals surface area contributed by atoms with E-state index in [0.717, 1.165) is 12.1 Å². The van der Waals surface area contributed by atoms with E-state index in [2.05, 4.69) is 34.0 Å². The summed E-state index contributed by atoms with van der Waals surface area (Å²) in [6.07, 6.45) is 2.42. The number of alkyl halides is 2. The average molecular weight is 398 g/mol. The van der Waals surface area contributed by atoms with Crippen molar-refractivity contribution in [1.82, 2.24) is 0 Å². The number of furan rings is 1. The lowest BCUT2D eigenvalue weighted by atomic mass is 10.1. The third kappa shape index (κ3) is 4.08. The molecule has 3 aromatic rings. The number of hydrogen-bond donors (Lipinski definition) is 1. The molecule has 1 atom stereocenters. The van der Waals surface area contributed by atoms with Gasteiger partial charge >= 0.3 is 6.61 Å². The van der Waals surface area contributed by atoms with Gasteiger partial charge in [0.15, 0.2) is 0 Å². The number of amides is 1. The summed E-state index contributed by atoms with van der Waals surface area (Å²) in [4.78, 5) is 15.0. The van der Waals surface area contributed by atoms with Crippen LogP contribution in [0.4, 0.5) is 20.2 Å². The molecule has 0 aliphatic carbocycles. The highest BCUT2D eigenvalue weighted by atomic mass is 19.3. The molecule has 0 saturated carbocycles. The molecule has 5 nitrogen and oxygen atoms in total. The van der Waals surface area contributed by atoms with E-state index in [9.17, 15) is 13.6 Å². The Bertz CT molecular complexity index is 1020. The fourth-order valence-corrected chi connectivity index (χ4v) is 3.64. The number of fused-ring (bicyclic) bond motifs is 1. The summed E-state index contributed by atoms with van der Waals surface area (Å²) in [5.74, 6) is 0.154. The normalized spacial score (nSPS) is 15.4. The number of para-hydroxylation sites is 1. The number of nitrogens with zero attached hydrogens (tertiary/aromatic N) is 1. The van der Waals surface area contributed by atoms with Gasteiger partial charge in [0, 0.05) is 23.5 Å². The van der Waals surface area contributed by atoms with Crippen molar-refractivity contribution in [3.63, 3.8) is 0 Å². The van der Waals surface area contributed by atoms with Gasteiger partial charge in [-0.25, -0.2) is 0 Å². The summed E-state index contributed by atoms with van der Waals surface area (Å²) in [5.41, 5.74) is 3.18. The van der Waals surface area contributed by atoms with Crippen LogP contribution in [0.3, 0.4) is 0 Å². The van der Waals surface area contributed by atoms with Crippen molar-refractivity contribution in [2.24, 2.45) is 0 Å². The lowest BCUT2D eigenvalue weighted by Gasteiger charge is -2.24. The van der Waals surface area contributed by atoms with Crippen molar-refractivity contribution in [2.45, 2.75) is 32.5 Å². The van der Waals surface area contributed by atoms with E-state index in [4.69, 9.17) is 4.42 Å². The first-order valence-corrected chi connectivity index (χ1v) is 9.28. The zero-order chi connectivity index (χ0) is 20.4. The molecule has 1 aromatic heterocycles. The van der Waals surface area contributed by atoms with Crippen LogP contribution in [-0.4, -0.2) is 18.6 Å². The predicted octanol–water partition coefficient (Wildman–Crippen LogP) is 5.08. The van der Waals surface area contributed by atoms with Crippen LogP contribution in [0.15, 0.2) is 65.3 Å². The highest BCUT2D eigenvalue weighted by Crippen LogP contribution is 2.33. The van der Waals surface area contributed by atoms with Gasteiger partial charge in [0.05, 0.1) is 18.4 Å². The second-order valence-corrected chi connectivity index (χ2v) is 6.93. The number of carbonyl (C=O) groups is 1. The summed E-state index contributed by atoms with van der Waals surface area (Å²) < 4.78 is 34.8. The number of carbonyl (C=O) groups excluding carboxylic acids is 1. The minimum atomic E-state index is -2.92.